The zero-order valence-electron chi connectivity index (χ0n) is 9.72. The molecule has 1 aromatic carbocycles. The Labute approximate surface area is 111 Å². The normalized spacial score (nSPS) is 12.4. The van der Waals surface area contributed by atoms with Crippen LogP contribution in [0.4, 0.5) is 8.78 Å². The lowest BCUT2D eigenvalue weighted by molar-refractivity contribution is 0.0691. The zero-order valence-corrected chi connectivity index (χ0v) is 10.5. The molecule has 19 heavy (non-hydrogen) atoms. The van der Waals surface area contributed by atoms with E-state index in [-0.39, 0.29) is 10.6 Å². The van der Waals surface area contributed by atoms with Gasteiger partial charge < -0.3 is 10.2 Å². The number of carbonyl (C=O) groups is 1. The molecule has 4 nitrogen and oxygen atoms in total. The molecule has 0 aliphatic heterocycles. The van der Waals surface area contributed by atoms with Gasteiger partial charge in [0.2, 0.25) is 0 Å². The second-order valence-electron chi connectivity index (χ2n) is 3.84. The smallest absolute Gasteiger partial charge is 0.338 e. The summed E-state index contributed by atoms with van der Waals surface area (Å²) in [5.41, 5.74) is -1.42. The van der Waals surface area contributed by atoms with E-state index >= 15 is 0 Å². The summed E-state index contributed by atoms with van der Waals surface area (Å²) < 4.78 is 27.5. The molecule has 0 spiro atoms. The number of carboxylic acid groups (broad SMARTS) is 1. The van der Waals surface area contributed by atoms with Crippen LogP contribution in [0, 0.1) is 18.6 Å². The maximum atomic E-state index is 13.9. The van der Waals surface area contributed by atoms with Crippen LogP contribution in [0.2, 0.25) is 0 Å². The molecule has 2 rings (SSSR count). The number of thiazole rings is 1. The molecule has 100 valence electrons. The standard InChI is InChI=1S/C12H9F2NO3S/c1-5-8(13)6(4-7(9(5)14)12(17)18)10(16)11-15-2-3-19-11/h2-4,10,16H,1H3,(H,17,18). The van der Waals surface area contributed by atoms with Gasteiger partial charge in [-0.2, -0.15) is 0 Å². The van der Waals surface area contributed by atoms with Gasteiger partial charge in [-0.15, -0.1) is 11.3 Å². The molecule has 1 heterocycles. The molecule has 2 aromatic rings. The molecule has 0 saturated heterocycles. The van der Waals surface area contributed by atoms with Crippen molar-refractivity contribution in [2.45, 2.75) is 13.0 Å². The first-order valence-electron chi connectivity index (χ1n) is 5.22. The SMILES string of the molecule is Cc1c(F)c(C(=O)O)cc(C(O)c2nccs2)c1F. The van der Waals surface area contributed by atoms with Crippen LogP contribution in [-0.4, -0.2) is 21.2 Å². The number of aliphatic hydroxyl groups is 1. The summed E-state index contributed by atoms with van der Waals surface area (Å²) in [5.74, 6) is -3.63. The van der Waals surface area contributed by atoms with Crippen molar-refractivity contribution >= 4 is 17.3 Å². The van der Waals surface area contributed by atoms with Crippen molar-refractivity contribution in [1.82, 2.24) is 4.98 Å². The van der Waals surface area contributed by atoms with Crippen molar-refractivity contribution in [1.29, 1.82) is 0 Å². The van der Waals surface area contributed by atoms with Crippen LogP contribution in [0.15, 0.2) is 17.6 Å². The molecule has 0 saturated carbocycles. The highest BCUT2D eigenvalue weighted by Gasteiger charge is 2.25. The predicted molar refractivity (Wildman–Crippen MR) is 64.2 cm³/mol. The fraction of sp³-hybridized carbons (Fsp3) is 0.167. The largest absolute Gasteiger partial charge is 0.478 e. The molecular weight excluding hydrogens is 276 g/mol. The van der Waals surface area contributed by atoms with Gasteiger partial charge in [-0.25, -0.2) is 18.6 Å². The zero-order chi connectivity index (χ0) is 14.2. The number of rotatable bonds is 3. The van der Waals surface area contributed by atoms with Crippen LogP contribution in [0.1, 0.15) is 32.6 Å². The maximum Gasteiger partial charge on any atom is 0.338 e. The van der Waals surface area contributed by atoms with E-state index in [1.54, 1.807) is 5.38 Å². The number of hydrogen-bond acceptors (Lipinski definition) is 4. The monoisotopic (exact) mass is 285 g/mol. The first kappa shape index (κ1) is 13.6. The van der Waals surface area contributed by atoms with E-state index < -0.39 is 34.8 Å². The predicted octanol–water partition coefficient (Wildman–Crippen LogP) is 2.51. The molecule has 0 amide bonds. The number of carboxylic acids is 1. The topological polar surface area (TPSA) is 70.4 Å². The number of halogens is 2. The van der Waals surface area contributed by atoms with E-state index in [0.29, 0.717) is 0 Å². The summed E-state index contributed by atoms with van der Waals surface area (Å²) in [6.45, 7) is 1.12. The Morgan fingerprint density at radius 1 is 1.42 bits per heavy atom. The molecule has 0 fully saturated rings. The summed E-state index contributed by atoms with van der Waals surface area (Å²) in [4.78, 5) is 14.7. The van der Waals surface area contributed by atoms with Crippen LogP contribution in [-0.2, 0) is 0 Å². The number of nitrogens with zero attached hydrogens (tertiary/aromatic N) is 1. The van der Waals surface area contributed by atoms with Gasteiger partial charge in [0.05, 0.1) is 5.56 Å². The van der Waals surface area contributed by atoms with Gasteiger partial charge in [0, 0.05) is 22.7 Å². The van der Waals surface area contributed by atoms with Crippen LogP contribution >= 0.6 is 11.3 Å². The first-order chi connectivity index (χ1) is 8.93. The Morgan fingerprint density at radius 2 is 2.11 bits per heavy atom. The Bertz CT molecular complexity index is 628. The Morgan fingerprint density at radius 3 is 2.63 bits per heavy atom. The van der Waals surface area contributed by atoms with Gasteiger partial charge >= 0.3 is 5.97 Å². The summed E-state index contributed by atoms with van der Waals surface area (Å²) in [5, 5.41) is 20.6. The molecule has 1 aromatic heterocycles. The van der Waals surface area contributed by atoms with Gasteiger partial charge in [0.15, 0.2) is 0 Å². The highest BCUT2D eigenvalue weighted by atomic mass is 32.1. The van der Waals surface area contributed by atoms with Crippen molar-refractivity contribution in [2.24, 2.45) is 0 Å². The minimum atomic E-state index is -1.52. The van der Waals surface area contributed by atoms with E-state index in [1.165, 1.54) is 6.20 Å². The molecule has 7 heteroatoms. The summed E-state index contributed by atoms with van der Waals surface area (Å²) in [6, 6.07) is 0.798. The van der Waals surface area contributed by atoms with Crippen molar-refractivity contribution in [2.75, 3.05) is 0 Å². The number of hydrogen-bond donors (Lipinski definition) is 2. The third-order valence-electron chi connectivity index (χ3n) is 2.66. The minimum absolute atomic E-state index is 0.209. The number of aromatic carboxylic acids is 1. The molecular formula is C12H9F2NO3S. The third-order valence-corrected chi connectivity index (χ3v) is 3.49. The van der Waals surface area contributed by atoms with Crippen molar-refractivity contribution in [3.63, 3.8) is 0 Å². The second-order valence-corrected chi connectivity index (χ2v) is 4.77. The summed E-state index contributed by atoms with van der Waals surface area (Å²) >= 11 is 1.09. The molecule has 0 radical (unpaired) electrons. The van der Waals surface area contributed by atoms with Crippen LogP contribution in [0.5, 0.6) is 0 Å². The Balaban J connectivity index is 2.61. The number of aliphatic hydroxyl groups excluding tert-OH is 1. The van der Waals surface area contributed by atoms with E-state index in [4.69, 9.17) is 5.11 Å². The average Bonchev–Trinajstić information content (AvgIpc) is 2.89. The van der Waals surface area contributed by atoms with Crippen molar-refractivity contribution in [3.8, 4) is 0 Å². The highest BCUT2D eigenvalue weighted by molar-refractivity contribution is 7.09. The fourth-order valence-corrected chi connectivity index (χ4v) is 2.29. The summed E-state index contributed by atoms with van der Waals surface area (Å²) in [6.07, 6.45) is 0.00713. The quantitative estimate of drug-likeness (QED) is 0.909. The van der Waals surface area contributed by atoms with E-state index in [2.05, 4.69) is 4.98 Å². The van der Waals surface area contributed by atoms with Gasteiger partial charge in [-0.05, 0) is 13.0 Å². The van der Waals surface area contributed by atoms with E-state index in [9.17, 15) is 18.7 Å². The second kappa shape index (κ2) is 5.02. The molecule has 0 aliphatic rings. The van der Waals surface area contributed by atoms with Gasteiger partial charge in [0.25, 0.3) is 0 Å². The Kier molecular flexibility index (Phi) is 3.59. The Hall–Kier alpha value is -1.86. The van der Waals surface area contributed by atoms with Crippen LogP contribution < -0.4 is 0 Å². The van der Waals surface area contributed by atoms with Crippen LogP contribution in [0.3, 0.4) is 0 Å². The lowest BCUT2D eigenvalue weighted by atomic mass is 10.0. The molecule has 1 unspecified atom stereocenters. The third kappa shape index (κ3) is 2.34. The molecule has 0 aliphatic carbocycles. The molecule has 2 N–H and O–H groups in total. The van der Waals surface area contributed by atoms with Gasteiger partial charge in [-0.3, -0.25) is 0 Å². The van der Waals surface area contributed by atoms with Crippen molar-refractivity contribution in [3.05, 3.63) is 51.0 Å². The van der Waals surface area contributed by atoms with Crippen molar-refractivity contribution < 1.29 is 23.8 Å². The lowest BCUT2D eigenvalue weighted by Crippen LogP contribution is -2.10. The summed E-state index contributed by atoms with van der Waals surface area (Å²) in [7, 11) is 0. The highest BCUT2D eigenvalue weighted by Crippen LogP contribution is 2.30. The van der Waals surface area contributed by atoms with E-state index in [0.717, 1.165) is 24.3 Å². The molecule has 1 atom stereocenters. The van der Waals surface area contributed by atoms with Crippen LogP contribution in [0.25, 0.3) is 0 Å². The number of aromatic nitrogens is 1. The first-order valence-corrected chi connectivity index (χ1v) is 6.10. The van der Waals surface area contributed by atoms with E-state index in [1.807, 2.05) is 0 Å². The minimum Gasteiger partial charge on any atom is -0.478 e. The number of benzene rings is 1. The maximum absolute atomic E-state index is 13.9. The van der Waals surface area contributed by atoms with Gasteiger partial charge in [0.1, 0.15) is 22.7 Å². The fourth-order valence-electron chi connectivity index (χ4n) is 1.65. The average molecular weight is 285 g/mol. The molecule has 0 bridgehead atoms. The van der Waals surface area contributed by atoms with Gasteiger partial charge in [-0.1, -0.05) is 0 Å². The lowest BCUT2D eigenvalue weighted by Gasteiger charge is -2.13.